The lowest BCUT2D eigenvalue weighted by Crippen LogP contribution is -2.64. The normalized spacial score (nSPS) is 24.2. The quantitative estimate of drug-likeness (QED) is 0.865. The molecular weight excluding hydrogens is 364 g/mol. The van der Waals surface area contributed by atoms with E-state index in [-0.39, 0.29) is 11.4 Å². The van der Waals surface area contributed by atoms with E-state index in [1.807, 2.05) is 16.5 Å². The number of aryl methyl sites for hydroxylation is 1. The number of urea groups is 1. The number of rotatable bonds is 4. The smallest absolute Gasteiger partial charge is 0.317 e. The predicted octanol–water partition coefficient (Wildman–Crippen LogP) is 2.37. The van der Waals surface area contributed by atoms with Gasteiger partial charge in [0.25, 0.3) is 0 Å². The molecule has 3 heterocycles. The van der Waals surface area contributed by atoms with Crippen LogP contribution in [-0.4, -0.2) is 62.8 Å². The number of hydrogen-bond acceptors (Lipinski definition) is 4. The average molecular weight is 395 g/mol. The van der Waals surface area contributed by atoms with Gasteiger partial charge in [0, 0.05) is 57.1 Å². The molecule has 1 saturated carbocycles. The van der Waals surface area contributed by atoms with Crippen LogP contribution in [0.2, 0.25) is 0 Å². The molecule has 3 aliphatic rings. The lowest BCUT2D eigenvalue weighted by atomic mass is 9.71. The van der Waals surface area contributed by atoms with Crippen molar-refractivity contribution in [3.8, 4) is 0 Å². The molecule has 29 heavy (non-hydrogen) atoms. The molecule has 3 fully saturated rings. The van der Waals surface area contributed by atoms with Crippen LogP contribution < -0.4 is 5.32 Å². The summed E-state index contributed by atoms with van der Waals surface area (Å²) in [6.45, 7) is 4.49. The number of nitrogens with one attached hydrogen (secondary N) is 1. The maximum Gasteiger partial charge on any atom is 0.317 e. The molecule has 154 valence electrons. The standard InChI is InChI=1S/C22H30N6O/c1-26-16-23-25-20(26)19-12-27(11-17-7-3-2-4-8-17)13-22(19)14-28(15-22)21(29)24-18-9-5-6-10-18/h2-4,7-8,16,18-19H,5-6,9-15H2,1H3,(H,24,29). The minimum absolute atomic E-state index is 0.0720. The Kier molecular flexibility index (Phi) is 4.78. The van der Waals surface area contributed by atoms with Gasteiger partial charge in [-0.15, -0.1) is 10.2 Å². The number of amides is 2. The first-order chi connectivity index (χ1) is 14.1. The van der Waals surface area contributed by atoms with Gasteiger partial charge in [0.05, 0.1) is 0 Å². The second kappa shape index (κ2) is 7.44. The van der Waals surface area contributed by atoms with Crippen LogP contribution >= 0.6 is 0 Å². The molecular formula is C22H30N6O. The summed E-state index contributed by atoms with van der Waals surface area (Å²) in [5, 5.41) is 11.8. The number of benzene rings is 1. The summed E-state index contributed by atoms with van der Waals surface area (Å²) in [5.41, 5.74) is 1.40. The molecule has 7 nitrogen and oxygen atoms in total. The van der Waals surface area contributed by atoms with Crippen molar-refractivity contribution in [1.29, 1.82) is 0 Å². The second-order valence-electron chi connectivity index (χ2n) is 9.16. The highest BCUT2D eigenvalue weighted by atomic mass is 16.2. The van der Waals surface area contributed by atoms with Crippen LogP contribution in [0.25, 0.3) is 0 Å². The van der Waals surface area contributed by atoms with E-state index in [1.54, 1.807) is 6.33 Å². The minimum Gasteiger partial charge on any atom is -0.335 e. The lowest BCUT2D eigenvalue weighted by Gasteiger charge is -2.50. The first-order valence-corrected chi connectivity index (χ1v) is 10.8. The molecule has 1 aromatic heterocycles. The number of carbonyl (C=O) groups excluding carboxylic acids is 1. The van der Waals surface area contributed by atoms with Crippen molar-refractivity contribution in [2.45, 2.75) is 44.2 Å². The summed E-state index contributed by atoms with van der Waals surface area (Å²) in [5.74, 6) is 1.34. The molecule has 1 N–H and O–H groups in total. The van der Waals surface area contributed by atoms with Crippen molar-refractivity contribution >= 4 is 6.03 Å². The van der Waals surface area contributed by atoms with Gasteiger partial charge in [-0.05, 0) is 18.4 Å². The number of aromatic nitrogens is 3. The largest absolute Gasteiger partial charge is 0.335 e. The Labute approximate surface area is 172 Å². The highest BCUT2D eigenvalue weighted by molar-refractivity contribution is 5.75. The Morgan fingerprint density at radius 1 is 1.17 bits per heavy atom. The number of likely N-dealkylation sites (tertiary alicyclic amines) is 2. The fourth-order valence-electron chi connectivity index (χ4n) is 5.51. The van der Waals surface area contributed by atoms with Crippen molar-refractivity contribution in [2.24, 2.45) is 12.5 Å². The molecule has 2 aliphatic heterocycles. The SMILES string of the molecule is Cn1cnnc1C1CN(Cc2ccccc2)CC12CN(C(=O)NC1CCCC1)C2. The Morgan fingerprint density at radius 3 is 2.62 bits per heavy atom. The maximum atomic E-state index is 12.7. The zero-order valence-corrected chi connectivity index (χ0v) is 17.1. The van der Waals surface area contributed by atoms with Gasteiger partial charge in [-0.1, -0.05) is 43.2 Å². The first-order valence-electron chi connectivity index (χ1n) is 10.8. The van der Waals surface area contributed by atoms with E-state index < -0.39 is 0 Å². The summed E-state index contributed by atoms with van der Waals surface area (Å²) < 4.78 is 2.04. The minimum atomic E-state index is 0.0720. The fourth-order valence-corrected chi connectivity index (χ4v) is 5.51. The third-order valence-corrected chi connectivity index (χ3v) is 7.01. The van der Waals surface area contributed by atoms with E-state index in [2.05, 4.69) is 50.7 Å². The van der Waals surface area contributed by atoms with Crippen LogP contribution in [0.4, 0.5) is 4.79 Å². The van der Waals surface area contributed by atoms with Gasteiger partial charge in [0.1, 0.15) is 12.2 Å². The van der Waals surface area contributed by atoms with E-state index in [4.69, 9.17) is 0 Å². The van der Waals surface area contributed by atoms with Crippen molar-refractivity contribution in [2.75, 3.05) is 26.2 Å². The zero-order chi connectivity index (χ0) is 19.8. The van der Waals surface area contributed by atoms with Gasteiger partial charge in [-0.3, -0.25) is 4.90 Å². The van der Waals surface area contributed by atoms with Crippen LogP contribution in [0.3, 0.4) is 0 Å². The number of hydrogen-bond donors (Lipinski definition) is 1. The molecule has 2 aromatic rings. The molecule has 1 aromatic carbocycles. The van der Waals surface area contributed by atoms with Crippen LogP contribution in [-0.2, 0) is 13.6 Å². The Balaban J connectivity index is 1.30. The molecule has 5 rings (SSSR count). The lowest BCUT2D eigenvalue weighted by molar-refractivity contribution is 0.0234. The predicted molar refractivity (Wildman–Crippen MR) is 110 cm³/mol. The highest BCUT2D eigenvalue weighted by Crippen LogP contribution is 2.48. The van der Waals surface area contributed by atoms with Gasteiger partial charge in [0.2, 0.25) is 0 Å². The molecule has 1 unspecified atom stereocenters. The molecule has 1 spiro atoms. The molecule has 2 amide bonds. The summed E-state index contributed by atoms with van der Waals surface area (Å²) in [4.78, 5) is 17.2. The van der Waals surface area contributed by atoms with E-state index in [0.29, 0.717) is 12.0 Å². The van der Waals surface area contributed by atoms with E-state index >= 15 is 0 Å². The zero-order valence-electron chi connectivity index (χ0n) is 17.1. The van der Waals surface area contributed by atoms with Gasteiger partial charge in [-0.2, -0.15) is 0 Å². The number of nitrogens with zero attached hydrogens (tertiary/aromatic N) is 5. The maximum absolute atomic E-state index is 12.7. The molecule has 2 saturated heterocycles. The van der Waals surface area contributed by atoms with Crippen LogP contribution in [0.15, 0.2) is 36.7 Å². The van der Waals surface area contributed by atoms with Crippen LogP contribution in [0.1, 0.15) is 43.0 Å². The van der Waals surface area contributed by atoms with Crippen molar-refractivity contribution < 1.29 is 4.79 Å². The third-order valence-electron chi connectivity index (χ3n) is 7.01. The summed E-state index contributed by atoms with van der Waals surface area (Å²) >= 11 is 0. The molecule has 1 atom stereocenters. The van der Waals surface area contributed by atoms with Gasteiger partial charge in [-0.25, -0.2) is 4.79 Å². The van der Waals surface area contributed by atoms with E-state index in [9.17, 15) is 4.79 Å². The van der Waals surface area contributed by atoms with Crippen molar-refractivity contribution in [1.82, 2.24) is 29.9 Å². The monoisotopic (exact) mass is 394 g/mol. The Morgan fingerprint density at radius 2 is 1.93 bits per heavy atom. The highest BCUT2D eigenvalue weighted by Gasteiger charge is 2.57. The van der Waals surface area contributed by atoms with Gasteiger partial charge in [0.15, 0.2) is 0 Å². The van der Waals surface area contributed by atoms with Crippen molar-refractivity contribution in [3.05, 3.63) is 48.0 Å². The third kappa shape index (κ3) is 3.52. The molecule has 1 aliphatic carbocycles. The second-order valence-corrected chi connectivity index (χ2v) is 9.16. The summed E-state index contributed by atoms with van der Waals surface area (Å²) in [7, 11) is 2.02. The first kappa shape index (κ1) is 18.6. The fraction of sp³-hybridized carbons (Fsp3) is 0.591. The molecule has 7 heteroatoms. The van der Waals surface area contributed by atoms with Crippen LogP contribution in [0.5, 0.6) is 0 Å². The number of carbonyl (C=O) groups is 1. The molecule has 0 bridgehead atoms. The van der Waals surface area contributed by atoms with E-state index in [0.717, 1.165) is 51.4 Å². The van der Waals surface area contributed by atoms with Gasteiger partial charge >= 0.3 is 6.03 Å². The summed E-state index contributed by atoms with van der Waals surface area (Å²) in [6.07, 6.45) is 6.50. The Hall–Kier alpha value is -2.41. The van der Waals surface area contributed by atoms with Gasteiger partial charge < -0.3 is 14.8 Å². The van der Waals surface area contributed by atoms with E-state index in [1.165, 1.54) is 18.4 Å². The van der Waals surface area contributed by atoms with Crippen LogP contribution in [0, 0.1) is 5.41 Å². The Bertz CT molecular complexity index is 853. The topological polar surface area (TPSA) is 66.3 Å². The molecule has 0 radical (unpaired) electrons. The van der Waals surface area contributed by atoms with Crippen molar-refractivity contribution in [3.63, 3.8) is 0 Å². The summed E-state index contributed by atoms with van der Waals surface area (Å²) in [6, 6.07) is 11.1. The average Bonchev–Trinajstić information content (AvgIpc) is 3.41.